The molecule has 0 atom stereocenters. The third-order valence-electron chi connectivity index (χ3n) is 4.92. The molecule has 0 saturated carbocycles. The first-order valence-corrected chi connectivity index (χ1v) is 11.6. The van der Waals surface area contributed by atoms with E-state index in [2.05, 4.69) is 10.4 Å². The molecule has 11 heteroatoms. The number of aryl methyl sites for hydroxylation is 2. The van der Waals surface area contributed by atoms with Crippen molar-refractivity contribution >= 4 is 37.5 Å². The number of ether oxygens (including phenoxy) is 1. The van der Waals surface area contributed by atoms with E-state index in [0.717, 1.165) is 4.68 Å². The minimum atomic E-state index is -3.77. The maximum absolute atomic E-state index is 13.0. The zero-order chi connectivity index (χ0) is 21.5. The van der Waals surface area contributed by atoms with Gasteiger partial charge in [0, 0.05) is 18.7 Å². The quantitative estimate of drug-likeness (QED) is 0.647. The summed E-state index contributed by atoms with van der Waals surface area (Å²) in [5.41, 5.74) is 2.81. The third-order valence-corrected chi connectivity index (χ3v) is 7.76. The van der Waals surface area contributed by atoms with Crippen LogP contribution in [0.1, 0.15) is 21.7 Å². The van der Waals surface area contributed by atoms with Gasteiger partial charge in [0.1, 0.15) is 10.7 Å². The van der Waals surface area contributed by atoms with E-state index in [1.54, 1.807) is 31.4 Å². The fraction of sp³-hybridized carbons (Fsp3) is 0.316. The summed E-state index contributed by atoms with van der Waals surface area (Å²) >= 11 is 1.34. The van der Waals surface area contributed by atoms with Crippen LogP contribution < -0.4 is 11.0 Å². The number of morpholine rings is 1. The number of amides is 1. The van der Waals surface area contributed by atoms with E-state index in [1.807, 2.05) is 0 Å². The molecule has 0 spiro atoms. The summed E-state index contributed by atoms with van der Waals surface area (Å²) in [5.74, 6) is -0.272. The van der Waals surface area contributed by atoms with Gasteiger partial charge in [-0.15, -0.1) is 11.3 Å². The molecule has 0 radical (unpaired) electrons. The fourth-order valence-electron chi connectivity index (χ4n) is 3.26. The number of carbonyl (C=O) groups is 1. The summed E-state index contributed by atoms with van der Waals surface area (Å²) in [6.07, 6.45) is 0. The average Bonchev–Trinajstić information content (AvgIpc) is 3.20. The van der Waals surface area contributed by atoms with Crippen LogP contribution in [0.4, 0.5) is 0 Å². The van der Waals surface area contributed by atoms with Crippen molar-refractivity contribution in [2.75, 3.05) is 31.7 Å². The van der Waals surface area contributed by atoms with Gasteiger partial charge in [-0.2, -0.15) is 4.31 Å². The van der Waals surface area contributed by atoms with Crippen molar-refractivity contribution in [3.63, 3.8) is 0 Å². The minimum absolute atomic E-state index is 0.0625. The Kier molecular flexibility index (Phi) is 5.45. The first-order chi connectivity index (χ1) is 14.3. The van der Waals surface area contributed by atoms with Gasteiger partial charge < -0.3 is 4.74 Å². The Bertz CT molecular complexity index is 1290. The van der Waals surface area contributed by atoms with Gasteiger partial charge in [-0.05, 0) is 43.0 Å². The average molecular weight is 449 g/mol. The Balaban J connectivity index is 1.68. The van der Waals surface area contributed by atoms with Gasteiger partial charge in [0.15, 0.2) is 0 Å². The van der Waals surface area contributed by atoms with Crippen LogP contribution in [-0.2, 0) is 14.8 Å². The lowest BCUT2D eigenvalue weighted by molar-refractivity contribution is 0.0730. The molecule has 0 unspecified atom stereocenters. The van der Waals surface area contributed by atoms with Gasteiger partial charge in [0.05, 0.1) is 23.5 Å². The highest BCUT2D eigenvalue weighted by atomic mass is 32.2. The molecule has 3 heterocycles. The number of sulfonamides is 1. The second kappa shape index (κ2) is 7.91. The van der Waals surface area contributed by atoms with Crippen LogP contribution in [0, 0.1) is 13.8 Å². The van der Waals surface area contributed by atoms with E-state index in [0.29, 0.717) is 34.8 Å². The summed E-state index contributed by atoms with van der Waals surface area (Å²) in [6, 6.07) is 6.10. The van der Waals surface area contributed by atoms with Gasteiger partial charge in [-0.1, -0.05) is 6.07 Å². The number of hydrogen-bond acceptors (Lipinski definition) is 7. The highest BCUT2D eigenvalue weighted by molar-refractivity contribution is 7.89. The molecular weight excluding hydrogens is 428 g/mol. The molecule has 1 saturated heterocycles. The fourth-order valence-corrected chi connectivity index (χ4v) is 5.72. The van der Waals surface area contributed by atoms with Crippen molar-refractivity contribution in [3.8, 4) is 0 Å². The Morgan fingerprint density at radius 3 is 2.67 bits per heavy atom. The van der Waals surface area contributed by atoms with Crippen LogP contribution in [-0.4, -0.2) is 54.6 Å². The van der Waals surface area contributed by atoms with E-state index in [1.165, 1.54) is 27.8 Å². The number of thiophene rings is 1. The molecular formula is C19H20N4O5S2. The van der Waals surface area contributed by atoms with E-state index in [9.17, 15) is 18.0 Å². The van der Waals surface area contributed by atoms with Crippen molar-refractivity contribution in [2.45, 2.75) is 18.7 Å². The normalized spacial score (nSPS) is 15.4. The number of aromatic nitrogens is 2. The van der Waals surface area contributed by atoms with Crippen molar-refractivity contribution < 1.29 is 17.9 Å². The van der Waals surface area contributed by atoms with Crippen LogP contribution in [0.15, 0.2) is 39.3 Å². The molecule has 9 nitrogen and oxygen atoms in total. The highest BCUT2D eigenvalue weighted by Gasteiger charge is 2.28. The van der Waals surface area contributed by atoms with Crippen LogP contribution in [0.2, 0.25) is 0 Å². The van der Waals surface area contributed by atoms with Crippen LogP contribution >= 0.6 is 11.3 Å². The highest BCUT2D eigenvalue weighted by Crippen LogP contribution is 2.22. The van der Waals surface area contributed by atoms with Gasteiger partial charge in [0.2, 0.25) is 10.0 Å². The predicted octanol–water partition coefficient (Wildman–Crippen LogP) is 1.48. The number of carbonyl (C=O) groups excluding carboxylic acids is 1. The Labute approximate surface area is 176 Å². The summed E-state index contributed by atoms with van der Waals surface area (Å²) in [5, 5.41) is 2.17. The van der Waals surface area contributed by atoms with Crippen molar-refractivity contribution in [1.82, 2.24) is 14.0 Å². The van der Waals surface area contributed by atoms with Gasteiger partial charge in [0.25, 0.3) is 11.5 Å². The summed E-state index contributed by atoms with van der Waals surface area (Å²) in [6.45, 7) is 4.48. The number of nitrogens with zero attached hydrogens (tertiary/aromatic N) is 3. The maximum Gasteiger partial charge on any atom is 0.281 e. The molecule has 1 fully saturated rings. The molecule has 3 aromatic rings. The van der Waals surface area contributed by atoms with Crippen LogP contribution in [0.5, 0.6) is 0 Å². The number of hydrogen-bond donors (Lipinski definition) is 1. The third kappa shape index (κ3) is 3.65. The summed E-state index contributed by atoms with van der Waals surface area (Å²) in [7, 11) is -3.77. The smallest absolute Gasteiger partial charge is 0.281 e. The topological polar surface area (TPSA) is 111 Å². The standard InChI is InChI=1S/C19H20N4O5S2/c1-12-3-4-14(11-16(12)30(26,27)22-6-8-28-9-7-22)17(24)21-23-13(2)20-18-15(19(23)25)5-10-29-18/h3-5,10-11H,6-9H2,1-2H3,(H,21,24). The molecule has 0 aliphatic carbocycles. The SMILES string of the molecule is Cc1ccc(C(=O)Nn2c(C)nc3sccc3c2=O)cc1S(=O)(=O)N1CCOCC1. The lowest BCUT2D eigenvalue weighted by Crippen LogP contribution is -2.41. The molecule has 1 aliphatic heterocycles. The van der Waals surface area contributed by atoms with Crippen molar-refractivity contribution in [2.24, 2.45) is 0 Å². The summed E-state index contributed by atoms with van der Waals surface area (Å²) in [4.78, 5) is 30.5. The van der Waals surface area contributed by atoms with E-state index in [4.69, 9.17) is 4.74 Å². The van der Waals surface area contributed by atoms with Gasteiger partial charge >= 0.3 is 0 Å². The van der Waals surface area contributed by atoms with Gasteiger partial charge in [-0.3, -0.25) is 15.0 Å². The minimum Gasteiger partial charge on any atom is -0.379 e. The van der Waals surface area contributed by atoms with E-state index in [-0.39, 0.29) is 29.1 Å². The lowest BCUT2D eigenvalue weighted by Gasteiger charge is -2.26. The molecule has 30 heavy (non-hydrogen) atoms. The molecule has 0 bridgehead atoms. The number of benzene rings is 1. The molecule has 1 aromatic carbocycles. The van der Waals surface area contributed by atoms with Crippen LogP contribution in [0.25, 0.3) is 10.2 Å². The second-order valence-corrected chi connectivity index (χ2v) is 9.68. The Morgan fingerprint density at radius 2 is 1.93 bits per heavy atom. The largest absolute Gasteiger partial charge is 0.379 e. The molecule has 1 N–H and O–H groups in total. The predicted molar refractivity (Wildman–Crippen MR) is 113 cm³/mol. The Morgan fingerprint density at radius 1 is 1.20 bits per heavy atom. The number of nitrogens with one attached hydrogen (secondary N) is 1. The lowest BCUT2D eigenvalue weighted by atomic mass is 10.1. The number of fused-ring (bicyclic) bond motifs is 1. The van der Waals surface area contributed by atoms with Crippen molar-refractivity contribution in [3.05, 3.63) is 57.0 Å². The van der Waals surface area contributed by atoms with E-state index < -0.39 is 15.9 Å². The first-order valence-electron chi connectivity index (χ1n) is 9.26. The summed E-state index contributed by atoms with van der Waals surface area (Å²) < 4.78 is 33.7. The van der Waals surface area contributed by atoms with Crippen molar-refractivity contribution in [1.29, 1.82) is 0 Å². The van der Waals surface area contributed by atoms with Crippen LogP contribution in [0.3, 0.4) is 0 Å². The molecule has 158 valence electrons. The van der Waals surface area contributed by atoms with Gasteiger partial charge in [-0.25, -0.2) is 18.1 Å². The number of rotatable bonds is 4. The monoisotopic (exact) mass is 448 g/mol. The molecule has 1 amide bonds. The van der Waals surface area contributed by atoms with E-state index >= 15 is 0 Å². The Hall–Kier alpha value is -2.60. The maximum atomic E-state index is 13.0. The molecule has 1 aliphatic rings. The molecule has 4 rings (SSSR count). The molecule has 2 aromatic heterocycles. The first kappa shape index (κ1) is 20.7. The zero-order valence-corrected chi connectivity index (χ0v) is 18.0. The zero-order valence-electron chi connectivity index (χ0n) is 16.4. The second-order valence-electron chi connectivity index (χ2n) is 6.88.